The second kappa shape index (κ2) is 39.4. The van der Waals surface area contributed by atoms with Gasteiger partial charge in [0.25, 0.3) is 0 Å². The van der Waals surface area contributed by atoms with Crippen molar-refractivity contribution in [2.75, 3.05) is 13.1 Å². The van der Waals surface area contributed by atoms with Gasteiger partial charge in [0.1, 0.15) is 6.04 Å². The molecule has 6 heteroatoms. The van der Waals surface area contributed by atoms with E-state index >= 15 is 0 Å². The fourth-order valence-electron chi connectivity index (χ4n) is 6.17. The predicted molar refractivity (Wildman–Crippen MR) is 200 cm³/mol. The van der Waals surface area contributed by atoms with Gasteiger partial charge in [-0.2, -0.15) is 0 Å². The predicted octanol–water partition coefficient (Wildman–Crippen LogP) is 11.5. The summed E-state index contributed by atoms with van der Waals surface area (Å²) in [7, 11) is 0. The summed E-state index contributed by atoms with van der Waals surface area (Å²) in [6, 6.07) is -0.450. The molecule has 45 heavy (non-hydrogen) atoms. The van der Waals surface area contributed by atoms with Crippen LogP contribution < -0.4 is 16.4 Å². The molecule has 4 N–H and O–H groups in total. The normalized spacial score (nSPS) is 11.7. The molecule has 270 valence electrons. The van der Waals surface area contributed by atoms with Gasteiger partial charge in [0.05, 0.1) is 0 Å². The Morgan fingerprint density at radius 3 is 1.18 bits per heavy atom. The minimum Gasteiger partial charge on any atom is -0.354 e. The molecule has 0 saturated carbocycles. The molecule has 1 atom stereocenters. The standard InChI is InChI=1S/C39H79N3O2.ClH/c1-3-5-7-9-11-13-15-16-17-18-19-20-21-22-23-24-26-28-30-34-38(43)42-37(33-32-35-40)39(44)41-36-31-29-27-25-14-12-10-8-6-4-2;/h37H,3-36,40H2,1-2H3,(H,41,44)(H,42,43);1H/t37-;/m0./s1. The smallest absolute Gasteiger partial charge is 0.242 e. The van der Waals surface area contributed by atoms with Crippen LogP contribution in [0.2, 0.25) is 0 Å². The highest BCUT2D eigenvalue weighted by atomic mass is 35.5. The Hall–Kier alpha value is -0.810. The Kier molecular flexibility index (Phi) is 40.5. The molecular formula is C39H80ClN3O2. The largest absolute Gasteiger partial charge is 0.354 e. The maximum Gasteiger partial charge on any atom is 0.242 e. The van der Waals surface area contributed by atoms with Crippen LogP contribution in [0, 0.1) is 0 Å². The number of carbonyl (C=O) groups excluding carboxylic acids is 2. The Labute approximate surface area is 288 Å². The molecule has 2 amide bonds. The Bertz CT molecular complexity index is 605. The van der Waals surface area contributed by atoms with Crippen molar-refractivity contribution >= 4 is 24.2 Å². The summed E-state index contributed by atoms with van der Waals surface area (Å²) in [6.07, 6.45) is 40.4. The summed E-state index contributed by atoms with van der Waals surface area (Å²) >= 11 is 0. The second-order valence-corrected chi connectivity index (χ2v) is 13.6. The fourth-order valence-corrected chi connectivity index (χ4v) is 6.17. The second-order valence-electron chi connectivity index (χ2n) is 13.6. The van der Waals surface area contributed by atoms with E-state index in [1.165, 1.54) is 161 Å². The molecule has 0 unspecified atom stereocenters. The first-order valence-corrected chi connectivity index (χ1v) is 19.9. The lowest BCUT2D eigenvalue weighted by Gasteiger charge is -2.18. The van der Waals surface area contributed by atoms with Crippen LogP contribution in [0.1, 0.15) is 219 Å². The van der Waals surface area contributed by atoms with Gasteiger partial charge < -0.3 is 16.4 Å². The molecule has 0 aromatic heterocycles. The SMILES string of the molecule is CCCCCCCCCCCCCCCCCCCCCC(=O)N[C@@H](CCCN)C(=O)NCCCCCCCCCCCC.Cl. The van der Waals surface area contributed by atoms with E-state index < -0.39 is 6.04 Å². The summed E-state index contributed by atoms with van der Waals surface area (Å²) in [4.78, 5) is 25.3. The third kappa shape index (κ3) is 35.9. The zero-order valence-electron chi connectivity index (χ0n) is 30.4. The number of hydrogen-bond acceptors (Lipinski definition) is 3. The van der Waals surface area contributed by atoms with Crippen LogP contribution in [0.4, 0.5) is 0 Å². The lowest BCUT2D eigenvalue weighted by atomic mass is 10.0. The maximum absolute atomic E-state index is 12.7. The lowest BCUT2D eigenvalue weighted by Crippen LogP contribution is -2.47. The summed E-state index contributed by atoms with van der Waals surface area (Å²) in [6.45, 7) is 5.79. The topological polar surface area (TPSA) is 84.2 Å². The fraction of sp³-hybridized carbons (Fsp3) is 0.949. The van der Waals surface area contributed by atoms with Gasteiger partial charge in [-0.05, 0) is 32.2 Å². The van der Waals surface area contributed by atoms with Crippen LogP contribution in [0.15, 0.2) is 0 Å². The van der Waals surface area contributed by atoms with Crippen molar-refractivity contribution in [2.24, 2.45) is 5.73 Å². The van der Waals surface area contributed by atoms with Crippen molar-refractivity contribution in [3.8, 4) is 0 Å². The van der Waals surface area contributed by atoms with Gasteiger partial charge in [-0.3, -0.25) is 9.59 Å². The average Bonchev–Trinajstić information content (AvgIpc) is 3.02. The number of halogens is 1. The maximum atomic E-state index is 12.7. The average molecular weight is 659 g/mol. The molecular weight excluding hydrogens is 578 g/mol. The van der Waals surface area contributed by atoms with Crippen molar-refractivity contribution in [3.05, 3.63) is 0 Å². The molecule has 0 spiro atoms. The van der Waals surface area contributed by atoms with Crippen LogP contribution in [0.3, 0.4) is 0 Å². The van der Waals surface area contributed by atoms with Gasteiger partial charge in [0.15, 0.2) is 0 Å². The highest BCUT2D eigenvalue weighted by Gasteiger charge is 2.19. The minimum absolute atomic E-state index is 0. The van der Waals surface area contributed by atoms with E-state index in [2.05, 4.69) is 24.5 Å². The molecule has 0 heterocycles. The van der Waals surface area contributed by atoms with Crippen molar-refractivity contribution in [1.29, 1.82) is 0 Å². The van der Waals surface area contributed by atoms with E-state index in [-0.39, 0.29) is 24.2 Å². The summed E-state index contributed by atoms with van der Waals surface area (Å²) in [5, 5.41) is 6.05. The van der Waals surface area contributed by atoms with Gasteiger partial charge in [-0.1, -0.05) is 187 Å². The van der Waals surface area contributed by atoms with Gasteiger partial charge in [-0.25, -0.2) is 0 Å². The molecule has 0 aliphatic carbocycles. The first-order chi connectivity index (χ1) is 21.7. The highest BCUT2D eigenvalue weighted by Crippen LogP contribution is 2.15. The van der Waals surface area contributed by atoms with Crippen molar-refractivity contribution in [3.63, 3.8) is 0 Å². The number of nitrogens with two attached hydrogens (primary N) is 1. The van der Waals surface area contributed by atoms with Crippen molar-refractivity contribution < 1.29 is 9.59 Å². The zero-order valence-corrected chi connectivity index (χ0v) is 31.2. The van der Waals surface area contributed by atoms with E-state index in [9.17, 15) is 9.59 Å². The van der Waals surface area contributed by atoms with E-state index in [1.54, 1.807) is 0 Å². The molecule has 0 aliphatic rings. The highest BCUT2D eigenvalue weighted by molar-refractivity contribution is 5.87. The minimum atomic E-state index is -0.450. The van der Waals surface area contributed by atoms with Crippen LogP contribution in [0.5, 0.6) is 0 Å². The van der Waals surface area contributed by atoms with Gasteiger partial charge >= 0.3 is 0 Å². The van der Waals surface area contributed by atoms with Crippen LogP contribution in [0.25, 0.3) is 0 Å². The number of carbonyl (C=O) groups is 2. The van der Waals surface area contributed by atoms with Crippen molar-refractivity contribution in [1.82, 2.24) is 10.6 Å². The first-order valence-electron chi connectivity index (χ1n) is 19.9. The number of amides is 2. The molecule has 0 aromatic rings. The van der Waals surface area contributed by atoms with E-state index in [0.29, 0.717) is 25.9 Å². The third-order valence-electron chi connectivity index (χ3n) is 9.19. The molecule has 0 aromatic carbocycles. The van der Waals surface area contributed by atoms with Crippen molar-refractivity contribution in [2.45, 2.75) is 225 Å². The lowest BCUT2D eigenvalue weighted by molar-refractivity contribution is -0.129. The summed E-state index contributed by atoms with van der Waals surface area (Å²) in [5.41, 5.74) is 5.69. The number of rotatable bonds is 36. The van der Waals surface area contributed by atoms with Gasteiger partial charge in [-0.15, -0.1) is 12.4 Å². The summed E-state index contributed by atoms with van der Waals surface area (Å²) < 4.78 is 0. The molecule has 0 radical (unpaired) electrons. The monoisotopic (exact) mass is 658 g/mol. The molecule has 0 saturated heterocycles. The molecule has 0 rings (SSSR count). The number of unbranched alkanes of at least 4 members (excludes halogenated alkanes) is 27. The van der Waals surface area contributed by atoms with E-state index in [0.717, 1.165) is 32.1 Å². The Balaban J connectivity index is 0. The van der Waals surface area contributed by atoms with Gasteiger partial charge in [0.2, 0.25) is 11.8 Å². The molecule has 0 fully saturated rings. The van der Waals surface area contributed by atoms with Crippen LogP contribution in [-0.4, -0.2) is 30.9 Å². The number of hydrogen-bond donors (Lipinski definition) is 3. The molecule has 5 nitrogen and oxygen atoms in total. The van der Waals surface area contributed by atoms with Crippen LogP contribution >= 0.6 is 12.4 Å². The van der Waals surface area contributed by atoms with Gasteiger partial charge in [0, 0.05) is 13.0 Å². The molecule has 0 bridgehead atoms. The first kappa shape index (κ1) is 46.3. The third-order valence-corrected chi connectivity index (χ3v) is 9.19. The quantitative estimate of drug-likeness (QED) is 0.0586. The Morgan fingerprint density at radius 1 is 0.489 bits per heavy atom. The molecule has 0 aliphatic heterocycles. The van der Waals surface area contributed by atoms with Crippen LogP contribution in [-0.2, 0) is 9.59 Å². The Morgan fingerprint density at radius 2 is 0.822 bits per heavy atom. The number of nitrogens with one attached hydrogen (secondary N) is 2. The van der Waals surface area contributed by atoms with E-state index in [4.69, 9.17) is 5.73 Å². The van der Waals surface area contributed by atoms with E-state index in [1.807, 2.05) is 0 Å². The summed E-state index contributed by atoms with van der Waals surface area (Å²) in [5.74, 6) is -0.0380. The zero-order chi connectivity index (χ0) is 32.2.